The zero-order valence-corrected chi connectivity index (χ0v) is 9.77. The Bertz CT molecular complexity index is 427. The third-order valence-corrected chi connectivity index (χ3v) is 1.92. The van der Waals surface area contributed by atoms with E-state index in [1.54, 1.807) is 0 Å². The molecule has 94 valence electrons. The summed E-state index contributed by atoms with van der Waals surface area (Å²) in [6, 6.07) is 2.39. The number of rotatable bonds is 1. The summed E-state index contributed by atoms with van der Waals surface area (Å²) in [5.41, 5.74) is -1.34. The van der Waals surface area contributed by atoms with Gasteiger partial charge in [-0.2, -0.15) is 13.2 Å². The largest absolute Gasteiger partial charge is 0.416 e. The lowest BCUT2D eigenvalue weighted by molar-refractivity contribution is -0.137. The first kappa shape index (κ1) is 13.7. The van der Waals surface area contributed by atoms with Crippen LogP contribution in [0, 0.1) is 5.82 Å². The van der Waals surface area contributed by atoms with Gasteiger partial charge in [-0.25, -0.2) is 4.39 Å². The molecule has 0 aliphatic carbocycles. The molecule has 0 heterocycles. The molecule has 0 fully saturated rings. The predicted molar refractivity (Wildman–Crippen MR) is 58.7 cm³/mol. The van der Waals surface area contributed by atoms with Crippen molar-refractivity contribution < 1.29 is 17.6 Å². The van der Waals surface area contributed by atoms with Crippen LogP contribution in [-0.4, -0.2) is 11.8 Å². The molecule has 0 saturated heterocycles. The van der Waals surface area contributed by atoms with Crippen molar-refractivity contribution in [2.45, 2.75) is 32.5 Å². The van der Waals surface area contributed by atoms with Crippen LogP contribution in [0.3, 0.4) is 0 Å². The van der Waals surface area contributed by atoms with Crippen molar-refractivity contribution in [1.29, 1.82) is 0 Å². The molecule has 0 amide bonds. The van der Waals surface area contributed by atoms with Crippen molar-refractivity contribution in [2.24, 2.45) is 4.99 Å². The van der Waals surface area contributed by atoms with Gasteiger partial charge in [0.05, 0.1) is 11.1 Å². The topological polar surface area (TPSA) is 12.4 Å². The molecule has 1 aromatic carbocycles. The van der Waals surface area contributed by atoms with E-state index in [4.69, 9.17) is 0 Å². The van der Waals surface area contributed by atoms with Gasteiger partial charge in [0, 0.05) is 11.8 Å². The van der Waals surface area contributed by atoms with Crippen molar-refractivity contribution in [1.82, 2.24) is 0 Å². The first-order valence-electron chi connectivity index (χ1n) is 5.01. The number of nitrogens with zero attached hydrogens (tertiary/aromatic N) is 1. The van der Waals surface area contributed by atoms with Crippen LogP contribution in [0.15, 0.2) is 23.2 Å². The van der Waals surface area contributed by atoms with Crippen LogP contribution in [0.25, 0.3) is 0 Å². The molecule has 0 unspecified atom stereocenters. The Morgan fingerprint density at radius 1 is 1.12 bits per heavy atom. The van der Waals surface area contributed by atoms with Gasteiger partial charge in [0.1, 0.15) is 5.82 Å². The van der Waals surface area contributed by atoms with E-state index in [1.807, 2.05) is 20.8 Å². The van der Waals surface area contributed by atoms with Crippen LogP contribution in [0.1, 0.15) is 31.9 Å². The molecule has 0 saturated carbocycles. The molecular formula is C12H13F4N. The Balaban J connectivity index is 3.03. The third kappa shape index (κ3) is 4.17. The highest BCUT2D eigenvalue weighted by atomic mass is 19.4. The van der Waals surface area contributed by atoms with E-state index in [-0.39, 0.29) is 5.56 Å². The van der Waals surface area contributed by atoms with Crippen molar-refractivity contribution in [3.05, 3.63) is 35.1 Å². The summed E-state index contributed by atoms with van der Waals surface area (Å²) >= 11 is 0. The summed E-state index contributed by atoms with van der Waals surface area (Å²) in [5.74, 6) is -0.923. The summed E-state index contributed by atoms with van der Waals surface area (Å²) in [4.78, 5) is 4.03. The second-order valence-corrected chi connectivity index (χ2v) is 4.66. The van der Waals surface area contributed by atoms with Gasteiger partial charge in [0.15, 0.2) is 0 Å². The summed E-state index contributed by atoms with van der Waals surface area (Å²) in [7, 11) is 0. The van der Waals surface area contributed by atoms with E-state index in [2.05, 4.69) is 4.99 Å². The Labute approximate surface area is 97.2 Å². The minimum absolute atomic E-state index is 0.0490. The number of alkyl halides is 3. The van der Waals surface area contributed by atoms with Gasteiger partial charge < -0.3 is 0 Å². The van der Waals surface area contributed by atoms with E-state index in [1.165, 1.54) is 6.21 Å². The Morgan fingerprint density at radius 3 is 2.12 bits per heavy atom. The molecule has 1 nitrogen and oxygen atoms in total. The van der Waals surface area contributed by atoms with Gasteiger partial charge in [0.2, 0.25) is 0 Å². The van der Waals surface area contributed by atoms with Gasteiger partial charge in [-0.1, -0.05) is 0 Å². The van der Waals surface area contributed by atoms with Gasteiger partial charge in [-0.15, -0.1) is 0 Å². The molecule has 0 N–H and O–H groups in total. The highest BCUT2D eigenvalue weighted by Crippen LogP contribution is 2.29. The zero-order valence-electron chi connectivity index (χ0n) is 9.77. The molecule has 0 bridgehead atoms. The van der Waals surface area contributed by atoms with Gasteiger partial charge in [0.25, 0.3) is 0 Å². The fourth-order valence-corrected chi connectivity index (χ4v) is 1.07. The summed E-state index contributed by atoms with van der Waals surface area (Å²) in [6.45, 7) is 5.43. The smallest absolute Gasteiger partial charge is 0.287 e. The van der Waals surface area contributed by atoms with E-state index in [9.17, 15) is 17.6 Å². The molecule has 0 radical (unpaired) electrons. The summed E-state index contributed by atoms with van der Waals surface area (Å²) in [6.07, 6.45) is -3.28. The monoisotopic (exact) mass is 247 g/mol. The van der Waals surface area contributed by atoms with Crippen LogP contribution in [0.2, 0.25) is 0 Å². The summed E-state index contributed by atoms with van der Waals surface area (Å²) < 4.78 is 50.2. The van der Waals surface area contributed by atoms with Crippen molar-refractivity contribution in [3.8, 4) is 0 Å². The lowest BCUT2D eigenvalue weighted by Crippen LogP contribution is -2.10. The maximum atomic E-state index is 13.4. The number of aliphatic imine (C=N–C) groups is 1. The number of benzene rings is 1. The molecule has 0 spiro atoms. The lowest BCUT2D eigenvalue weighted by atomic mass is 10.1. The predicted octanol–water partition coefficient (Wildman–Crippen LogP) is 4.06. The molecule has 1 rings (SSSR count). The standard InChI is InChI=1S/C12H13F4N/c1-11(2,3)17-7-8-4-5-9(6-10(8)13)12(14,15)16/h4-7H,1-3H3. The molecule has 0 atom stereocenters. The van der Waals surface area contributed by atoms with Crippen molar-refractivity contribution in [2.75, 3.05) is 0 Å². The Kier molecular flexibility index (Phi) is 3.59. The van der Waals surface area contributed by atoms with Crippen LogP contribution in [0.4, 0.5) is 17.6 Å². The van der Waals surface area contributed by atoms with Crippen LogP contribution in [0.5, 0.6) is 0 Å². The molecule has 17 heavy (non-hydrogen) atoms. The Hall–Kier alpha value is -1.39. The number of hydrogen-bond donors (Lipinski definition) is 0. The first-order valence-corrected chi connectivity index (χ1v) is 5.01. The minimum atomic E-state index is -4.53. The van der Waals surface area contributed by atoms with Crippen LogP contribution >= 0.6 is 0 Å². The van der Waals surface area contributed by atoms with Crippen molar-refractivity contribution >= 4 is 6.21 Å². The third-order valence-electron chi connectivity index (χ3n) is 1.92. The highest BCUT2D eigenvalue weighted by Gasteiger charge is 2.31. The van der Waals surface area contributed by atoms with Gasteiger partial charge in [-0.05, 0) is 39.0 Å². The summed E-state index contributed by atoms with van der Waals surface area (Å²) in [5, 5.41) is 0. The van der Waals surface area contributed by atoms with E-state index in [0.717, 1.165) is 12.1 Å². The number of halogens is 4. The van der Waals surface area contributed by atoms with Gasteiger partial charge >= 0.3 is 6.18 Å². The Morgan fingerprint density at radius 2 is 1.71 bits per heavy atom. The average Bonchev–Trinajstić information content (AvgIpc) is 2.12. The average molecular weight is 247 g/mol. The highest BCUT2D eigenvalue weighted by molar-refractivity contribution is 5.80. The molecule has 1 aromatic rings. The van der Waals surface area contributed by atoms with Gasteiger partial charge in [-0.3, -0.25) is 4.99 Å². The normalized spacial score (nSPS) is 13.4. The molecule has 0 aliphatic heterocycles. The van der Waals surface area contributed by atoms with Crippen LogP contribution in [-0.2, 0) is 6.18 Å². The van der Waals surface area contributed by atoms with E-state index < -0.39 is 23.1 Å². The minimum Gasteiger partial charge on any atom is -0.287 e. The first-order chi connectivity index (χ1) is 7.59. The molecule has 5 heteroatoms. The fourth-order valence-electron chi connectivity index (χ4n) is 1.07. The van der Waals surface area contributed by atoms with Crippen LogP contribution < -0.4 is 0 Å². The second-order valence-electron chi connectivity index (χ2n) is 4.66. The van der Waals surface area contributed by atoms with Crippen molar-refractivity contribution in [3.63, 3.8) is 0 Å². The lowest BCUT2D eigenvalue weighted by Gasteiger charge is -2.11. The number of hydrogen-bond acceptors (Lipinski definition) is 1. The molecule has 0 aromatic heterocycles. The fraction of sp³-hybridized carbons (Fsp3) is 0.417. The SMILES string of the molecule is CC(C)(C)N=Cc1ccc(C(F)(F)F)cc1F. The quantitative estimate of drug-likeness (QED) is 0.524. The maximum Gasteiger partial charge on any atom is 0.416 e. The van der Waals surface area contributed by atoms with E-state index in [0.29, 0.717) is 6.07 Å². The van der Waals surface area contributed by atoms with E-state index >= 15 is 0 Å². The molecule has 0 aliphatic rings. The molecular weight excluding hydrogens is 234 g/mol. The zero-order chi connectivity index (χ0) is 13.3. The second kappa shape index (κ2) is 4.47. The maximum absolute atomic E-state index is 13.4.